The fourth-order valence-corrected chi connectivity index (χ4v) is 1.74. The number of aldehydes is 1. The van der Waals surface area contributed by atoms with Gasteiger partial charge in [0.2, 0.25) is 0 Å². The van der Waals surface area contributed by atoms with Gasteiger partial charge in [-0.05, 0) is 30.0 Å². The molecule has 0 radical (unpaired) electrons. The fraction of sp³-hybridized carbons (Fsp3) is 0.300. The average molecular weight is 161 g/mol. The van der Waals surface area contributed by atoms with Crippen molar-refractivity contribution in [1.82, 2.24) is 0 Å². The molecule has 62 valence electrons. The summed E-state index contributed by atoms with van der Waals surface area (Å²) in [5.74, 6) is 0. The van der Waals surface area contributed by atoms with E-state index in [0.717, 1.165) is 24.7 Å². The van der Waals surface area contributed by atoms with E-state index in [0.29, 0.717) is 0 Å². The van der Waals surface area contributed by atoms with Crippen molar-refractivity contribution in [2.75, 3.05) is 0 Å². The van der Waals surface area contributed by atoms with Crippen molar-refractivity contribution in [1.29, 1.82) is 0 Å². The Morgan fingerprint density at radius 3 is 3.08 bits per heavy atom. The van der Waals surface area contributed by atoms with E-state index in [1.807, 2.05) is 18.2 Å². The van der Waals surface area contributed by atoms with E-state index in [1.54, 1.807) is 0 Å². The molecule has 2 heteroatoms. The van der Waals surface area contributed by atoms with Crippen LogP contribution >= 0.6 is 0 Å². The molecule has 1 aromatic rings. The van der Waals surface area contributed by atoms with Crippen LogP contribution in [0, 0.1) is 0 Å². The van der Waals surface area contributed by atoms with Gasteiger partial charge in [0.15, 0.2) is 0 Å². The number of fused-ring (bicyclic) bond motifs is 1. The van der Waals surface area contributed by atoms with Crippen LogP contribution in [-0.2, 0) is 6.42 Å². The zero-order valence-electron chi connectivity index (χ0n) is 6.79. The molecule has 1 unspecified atom stereocenters. The van der Waals surface area contributed by atoms with E-state index >= 15 is 0 Å². The maximum absolute atomic E-state index is 10.5. The van der Waals surface area contributed by atoms with E-state index < -0.39 is 0 Å². The lowest BCUT2D eigenvalue weighted by Crippen LogP contribution is -2.04. The van der Waals surface area contributed by atoms with Gasteiger partial charge in [-0.2, -0.15) is 0 Å². The molecule has 0 bridgehead atoms. The monoisotopic (exact) mass is 161 g/mol. The fourth-order valence-electron chi connectivity index (χ4n) is 1.74. The van der Waals surface area contributed by atoms with Crippen molar-refractivity contribution in [3.63, 3.8) is 0 Å². The number of benzene rings is 1. The minimum atomic E-state index is 0.181. The van der Waals surface area contributed by atoms with Gasteiger partial charge in [0, 0.05) is 11.6 Å². The first-order valence-corrected chi connectivity index (χ1v) is 4.15. The summed E-state index contributed by atoms with van der Waals surface area (Å²) in [6.45, 7) is 0. The van der Waals surface area contributed by atoms with E-state index in [1.165, 1.54) is 11.1 Å². The van der Waals surface area contributed by atoms with Gasteiger partial charge in [0.1, 0.15) is 6.29 Å². The third-order valence-electron chi connectivity index (χ3n) is 2.43. The second kappa shape index (κ2) is 2.72. The quantitative estimate of drug-likeness (QED) is 0.633. The van der Waals surface area contributed by atoms with Crippen molar-refractivity contribution in [2.24, 2.45) is 5.73 Å². The van der Waals surface area contributed by atoms with E-state index in [9.17, 15) is 4.79 Å². The predicted molar refractivity (Wildman–Crippen MR) is 47.1 cm³/mol. The van der Waals surface area contributed by atoms with Gasteiger partial charge in [0.25, 0.3) is 0 Å². The normalized spacial score (nSPS) is 20.6. The van der Waals surface area contributed by atoms with E-state index in [4.69, 9.17) is 5.73 Å². The lowest BCUT2D eigenvalue weighted by atomic mass is 10.1. The maximum Gasteiger partial charge on any atom is 0.150 e. The number of nitrogens with two attached hydrogens (primary N) is 1. The smallest absolute Gasteiger partial charge is 0.150 e. The van der Waals surface area contributed by atoms with Gasteiger partial charge in [-0.1, -0.05) is 12.1 Å². The number of hydrogen-bond acceptors (Lipinski definition) is 2. The second-order valence-electron chi connectivity index (χ2n) is 3.22. The van der Waals surface area contributed by atoms with Crippen molar-refractivity contribution in [3.05, 3.63) is 34.9 Å². The first-order chi connectivity index (χ1) is 5.81. The van der Waals surface area contributed by atoms with Gasteiger partial charge in [-0.15, -0.1) is 0 Å². The molecular weight excluding hydrogens is 150 g/mol. The Hall–Kier alpha value is -1.15. The maximum atomic E-state index is 10.5. The van der Waals surface area contributed by atoms with Gasteiger partial charge in [0.05, 0.1) is 0 Å². The summed E-state index contributed by atoms with van der Waals surface area (Å²) in [4.78, 5) is 10.5. The molecule has 0 saturated carbocycles. The van der Waals surface area contributed by atoms with Crippen LogP contribution < -0.4 is 5.73 Å². The Morgan fingerprint density at radius 1 is 1.50 bits per heavy atom. The Morgan fingerprint density at radius 2 is 2.33 bits per heavy atom. The van der Waals surface area contributed by atoms with Gasteiger partial charge >= 0.3 is 0 Å². The van der Waals surface area contributed by atoms with Crippen LogP contribution in [0.3, 0.4) is 0 Å². The highest BCUT2D eigenvalue weighted by atomic mass is 16.1. The van der Waals surface area contributed by atoms with Crippen molar-refractivity contribution in [2.45, 2.75) is 18.9 Å². The lowest BCUT2D eigenvalue weighted by molar-refractivity contribution is 0.112. The molecule has 1 aliphatic rings. The molecular formula is C10H11NO. The number of carbonyl (C=O) groups excluding carboxylic acids is 1. The van der Waals surface area contributed by atoms with Gasteiger partial charge < -0.3 is 5.73 Å². The lowest BCUT2D eigenvalue weighted by Gasteiger charge is -2.03. The number of rotatable bonds is 1. The third kappa shape index (κ3) is 1.04. The standard InChI is InChI=1S/C10H11NO/c11-10-4-2-8-5-7(6-12)1-3-9(8)10/h1,3,5-6,10H,2,4,11H2. The van der Waals surface area contributed by atoms with Crippen LogP contribution in [0.1, 0.15) is 33.9 Å². The molecule has 0 spiro atoms. The molecule has 2 nitrogen and oxygen atoms in total. The highest BCUT2D eigenvalue weighted by Gasteiger charge is 2.18. The average Bonchev–Trinajstić information content (AvgIpc) is 2.47. The first kappa shape index (κ1) is 7.50. The molecule has 2 rings (SSSR count). The van der Waals surface area contributed by atoms with Gasteiger partial charge in [-0.3, -0.25) is 4.79 Å². The molecule has 12 heavy (non-hydrogen) atoms. The Labute approximate surface area is 71.4 Å². The molecule has 1 aromatic carbocycles. The van der Waals surface area contributed by atoms with Crippen molar-refractivity contribution in [3.8, 4) is 0 Å². The SMILES string of the molecule is NC1CCc2cc(C=O)ccc21. The van der Waals surface area contributed by atoms with Crippen molar-refractivity contribution >= 4 is 6.29 Å². The Bertz CT molecular complexity index is 320. The highest BCUT2D eigenvalue weighted by molar-refractivity contribution is 5.75. The number of aryl methyl sites for hydroxylation is 1. The second-order valence-corrected chi connectivity index (χ2v) is 3.22. The van der Waals surface area contributed by atoms with Gasteiger partial charge in [-0.25, -0.2) is 0 Å². The summed E-state index contributed by atoms with van der Waals surface area (Å²) in [6.07, 6.45) is 2.90. The summed E-state index contributed by atoms with van der Waals surface area (Å²) >= 11 is 0. The van der Waals surface area contributed by atoms with Crippen LogP contribution in [0.2, 0.25) is 0 Å². The Kier molecular flexibility index (Phi) is 1.70. The van der Waals surface area contributed by atoms with Crippen molar-refractivity contribution < 1.29 is 4.79 Å². The van der Waals surface area contributed by atoms with E-state index in [-0.39, 0.29) is 6.04 Å². The molecule has 0 aliphatic heterocycles. The van der Waals surface area contributed by atoms with Crippen LogP contribution in [0.4, 0.5) is 0 Å². The molecule has 1 aliphatic carbocycles. The molecule has 0 aromatic heterocycles. The molecule has 0 saturated heterocycles. The number of carbonyl (C=O) groups is 1. The molecule has 0 fully saturated rings. The number of hydrogen-bond donors (Lipinski definition) is 1. The predicted octanol–water partition coefficient (Wildman–Crippen LogP) is 1.45. The largest absolute Gasteiger partial charge is 0.324 e. The summed E-state index contributed by atoms with van der Waals surface area (Å²) in [5.41, 5.74) is 9.05. The third-order valence-corrected chi connectivity index (χ3v) is 2.43. The van der Waals surface area contributed by atoms with Crippen LogP contribution in [0.15, 0.2) is 18.2 Å². The molecule has 2 N–H and O–H groups in total. The molecule has 0 heterocycles. The molecule has 1 atom stereocenters. The van der Waals surface area contributed by atoms with Crippen LogP contribution in [0.5, 0.6) is 0 Å². The highest BCUT2D eigenvalue weighted by Crippen LogP contribution is 2.29. The van der Waals surface area contributed by atoms with E-state index in [2.05, 4.69) is 0 Å². The zero-order valence-corrected chi connectivity index (χ0v) is 6.79. The minimum absolute atomic E-state index is 0.181. The Balaban J connectivity index is 2.48. The van der Waals surface area contributed by atoms with Crippen LogP contribution in [-0.4, -0.2) is 6.29 Å². The summed E-state index contributed by atoms with van der Waals surface area (Å²) < 4.78 is 0. The summed E-state index contributed by atoms with van der Waals surface area (Å²) in [6, 6.07) is 5.92. The minimum Gasteiger partial charge on any atom is -0.324 e. The van der Waals surface area contributed by atoms with Crippen LogP contribution in [0.25, 0.3) is 0 Å². The topological polar surface area (TPSA) is 43.1 Å². The summed E-state index contributed by atoms with van der Waals surface area (Å²) in [5, 5.41) is 0. The zero-order chi connectivity index (χ0) is 8.55. The summed E-state index contributed by atoms with van der Waals surface area (Å²) in [7, 11) is 0. The first-order valence-electron chi connectivity index (χ1n) is 4.15. The molecule has 0 amide bonds.